The Kier molecular flexibility index (Phi) is 5.09. The zero-order valence-electron chi connectivity index (χ0n) is 13.4. The lowest BCUT2D eigenvalue weighted by Crippen LogP contribution is -2.29. The van der Waals surface area contributed by atoms with Crippen molar-refractivity contribution in [2.75, 3.05) is 13.1 Å². The molecule has 2 nitrogen and oxygen atoms in total. The van der Waals surface area contributed by atoms with Gasteiger partial charge in [-0.25, -0.2) is 0 Å². The van der Waals surface area contributed by atoms with Crippen LogP contribution >= 0.6 is 0 Å². The van der Waals surface area contributed by atoms with Crippen LogP contribution in [-0.2, 0) is 6.42 Å². The van der Waals surface area contributed by atoms with E-state index in [2.05, 4.69) is 45.1 Å². The fourth-order valence-corrected chi connectivity index (χ4v) is 3.27. The van der Waals surface area contributed by atoms with Gasteiger partial charge in [0.05, 0.1) is 0 Å². The van der Waals surface area contributed by atoms with Crippen molar-refractivity contribution in [1.82, 2.24) is 5.32 Å². The summed E-state index contributed by atoms with van der Waals surface area (Å²) in [5.41, 5.74) is 3.63. The molecule has 1 saturated heterocycles. The van der Waals surface area contributed by atoms with Crippen LogP contribution in [-0.4, -0.2) is 18.2 Å². The predicted molar refractivity (Wildman–Crippen MR) is 85.6 cm³/mol. The number of aromatic hydroxyl groups is 1. The van der Waals surface area contributed by atoms with Crippen LogP contribution < -0.4 is 5.32 Å². The Hall–Kier alpha value is -1.02. The first-order valence-corrected chi connectivity index (χ1v) is 8.06. The van der Waals surface area contributed by atoms with E-state index in [9.17, 15) is 5.11 Å². The molecule has 1 heterocycles. The highest BCUT2D eigenvalue weighted by molar-refractivity contribution is 5.48. The Morgan fingerprint density at radius 1 is 1.05 bits per heavy atom. The quantitative estimate of drug-likeness (QED) is 0.864. The van der Waals surface area contributed by atoms with Crippen molar-refractivity contribution < 1.29 is 5.11 Å². The van der Waals surface area contributed by atoms with Crippen molar-refractivity contribution in [1.29, 1.82) is 0 Å². The molecule has 2 N–H and O–H groups in total. The molecule has 20 heavy (non-hydrogen) atoms. The third kappa shape index (κ3) is 3.35. The van der Waals surface area contributed by atoms with E-state index in [1.807, 2.05) is 0 Å². The molecule has 0 unspecified atom stereocenters. The van der Waals surface area contributed by atoms with Crippen LogP contribution in [0.5, 0.6) is 5.75 Å². The van der Waals surface area contributed by atoms with Gasteiger partial charge in [0.25, 0.3) is 0 Å². The summed E-state index contributed by atoms with van der Waals surface area (Å²) in [6.07, 6.45) is 3.48. The first kappa shape index (κ1) is 15.4. The molecule has 0 aliphatic carbocycles. The number of hydrogen-bond acceptors (Lipinski definition) is 2. The number of rotatable bonds is 4. The molecule has 0 spiro atoms. The van der Waals surface area contributed by atoms with E-state index in [4.69, 9.17) is 0 Å². The molecule has 1 aromatic carbocycles. The van der Waals surface area contributed by atoms with Crippen molar-refractivity contribution in [2.24, 2.45) is 5.92 Å². The van der Waals surface area contributed by atoms with E-state index >= 15 is 0 Å². The van der Waals surface area contributed by atoms with Gasteiger partial charge in [-0.05, 0) is 66.8 Å². The molecule has 0 saturated carbocycles. The minimum atomic E-state index is 0.378. The second-order valence-corrected chi connectivity index (χ2v) is 6.78. The Morgan fingerprint density at radius 2 is 1.60 bits per heavy atom. The van der Waals surface area contributed by atoms with Crippen LogP contribution in [0.25, 0.3) is 0 Å². The van der Waals surface area contributed by atoms with Gasteiger partial charge in [0.1, 0.15) is 5.75 Å². The number of benzene rings is 1. The van der Waals surface area contributed by atoms with Gasteiger partial charge in [-0.15, -0.1) is 0 Å². The van der Waals surface area contributed by atoms with Crippen LogP contribution in [0, 0.1) is 5.92 Å². The van der Waals surface area contributed by atoms with Crippen molar-refractivity contribution in [3.8, 4) is 5.75 Å². The summed E-state index contributed by atoms with van der Waals surface area (Å²) in [5, 5.41) is 14.1. The molecule has 0 bridgehead atoms. The molecular weight excluding hydrogens is 246 g/mol. The summed E-state index contributed by atoms with van der Waals surface area (Å²) in [5.74, 6) is 2.12. The second kappa shape index (κ2) is 6.62. The van der Waals surface area contributed by atoms with Gasteiger partial charge in [-0.1, -0.05) is 39.8 Å². The SMILES string of the molecule is CC(C)c1ccc(C(C)C)c(CC2CCNCC2)c1O. The molecule has 1 aromatic rings. The smallest absolute Gasteiger partial charge is 0.122 e. The predicted octanol–water partition coefficient (Wildman–Crippen LogP) is 4.18. The van der Waals surface area contributed by atoms with Crippen molar-refractivity contribution in [2.45, 2.75) is 58.8 Å². The molecule has 0 atom stereocenters. The minimum Gasteiger partial charge on any atom is -0.507 e. The number of nitrogens with one attached hydrogen (secondary N) is 1. The summed E-state index contributed by atoms with van der Waals surface area (Å²) in [4.78, 5) is 0. The van der Waals surface area contributed by atoms with Gasteiger partial charge in [-0.3, -0.25) is 0 Å². The van der Waals surface area contributed by atoms with Crippen molar-refractivity contribution in [3.05, 3.63) is 28.8 Å². The molecule has 1 aliphatic rings. The lowest BCUT2D eigenvalue weighted by atomic mass is 9.83. The molecule has 112 valence electrons. The zero-order chi connectivity index (χ0) is 14.7. The highest BCUT2D eigenvalue weighted by Gasteiger charge is 2.21. The standard InChI is InChI=1S/C18H29NO/c1-12(2)15-5-6-16(13(3)4)18(20)17(15)11-14-7-9-19-10-8-14/h5-6,12-14,19-20H,7-11H2,1-4H3. The maximum Gasteiger partial charge on any atom is 0.122 e. The van der Waals surface area contributed by atoms with E-state index < -0.39 is 0 Å². The normalized spacial score (nSPS) is 17.1. The molecule has 0 radical (unpaired) electrons. The summed E-state index contributed by atoms with van der Waals surface area (Å²) < 4.78 is 0. The molecule has 2 heteroatoms. The molecule has 1 fully saturated rings. The van der Waals surface area contributed by atoms with E-state index in [0.717, 1.165) is 25.1 Å². The molecule has 1 aliphatic heterocycles. The Bertz CT molecular complexity index is 445. The fourth-order valence-electron chi connectivity index (χ4n) is 3.27. The van der Waals surface area contributed by atoms with E-state index in [0.29, 0.717) is 23.5 Å². The largest absolute Gasteiger partial charge is 0.507 e. The molecular formula is C18H29NO. The average Bonchev–Trinajstić information content (AvgIpc) is 2.41. The summed E-state index contributed by atoms with van der Waals surface area (Å²) >= 11 is 0. The summed E-state index contributed by atoms with van der Waals surface area (Å²) in [6.45, 7) is 11.0. The number of phenols is 1. The first-order chi connectivity index (χ1) is 9.50. The highest BCUT2D eigenvalue weighted by Crippen LogP contribution is 2.36. The fraction of sp³-hybridized carbons (Fsp3) is 0.667. The number of piperidine rings is 1. The van der Waals surface area contributed by atoms with Crippen molar-refractivity contribution in [3.63, 3.8) is 0 Å². The maximum absolute atomic E-state index is 10.7. The van der Waals surface area contributed by atoms with Crippen molar-refractivity contribution >= 4 is 0 Å². The first-order valence-electron chi connectivity index (χ1n) is 8.06. The van der Waals surface area contributed by atoms with Gasteiger partial charge in [-0.2, -0.15) is 0 Å². The highest BCUT2D eigenvalue weighted by atomic mass is 16.3. The van der Waals surface area contributed by atoms with Gasteiger partial charge >= 0.3 is 0 Å². The Labute approximate surface area is 123 Å². The lowest BCUT2D eigenvalue weighted by molar-refractivity contribution is 0.364. The summed E-state index contributed by atoms with van der Waals surface area (Å²) in [6, 6.07) is 4.34. The average molecular weight is 275 g/mol. The van der Waals surface area contributed by atoms with Crippen LogP contribution in [0.15, 0.2) is 12.1 Å². The summed E-state index contributed by atoms with van der Waals surface area (Å²) in [7, 11) is 0. The van der Waals surface area contributed by atoms with E-state index in [-0.39, 0.29) is 0 Å². The minimum absolute atomic E-state index is 0.378. The van der Waals surface area contributed by atoms with Gasteiger partial charge in [0, 0.05) is 0 Å². The molecule has 2 rings (SSSR count). The number of phenolic OH excluding ortho intramolecular Hbond substituents is 1. The van der Waals surface area contributed by atoms with Crippen LogP contribution in [0.4, 0.5) is 0 Å². The zero-order valence-corrected chi connectivity index (χ0v) is 13.4. The van der Waals surface area contributed by atoms with E-state index in [1.54, 1.807) is 0 Å². The van der Waals surface area contributed by atoms with Gasteiger partial charge < -0.3 is 10.4 Å². The maximum atomic E-state index is 10.7. The van der Waals surface area contributed by atoms with Crippen LogP contribution in [0.3, 0.4) is 0 Å². The Morgan fingerprint density at radius 3 is 2.15 bits per heavy atom. The van der Waals surface area contributed by atoms with Gasteiger partial charge in [0.2, 0.25) is 0 Å². The van der Waals surface area contributed by atoms with Crippen LogP contribution in [0.1, 0.15) is 69.1 Å². The second-order valence-electron chi connectivity index (χ2n) is 6.78. The van der Waals surface area contributed by atoms with E-state index in [1.165, 1.54) is 24.0 Å². The van der Waals surface area contributed by atoms with Gasteiger partial charge in [0.15, 0.2) is 0 Å². The lowest BCUT2D eigenvalue weighted by Gasteiger charge is -2.26. The monoisotopic (exact) mass is 275 g/mol. The topological polar surface area (TPSA) is 32.3 Å². The third-order valence-electron chi connectivity index (χ3n) is 4.55. The van der Waals surface area contributed by atoms with Crippen LogP contribution in [0.2, 0.25) is 0 Å². The number of hydrogen-bond donors (Lipinski definition) is 2. The third-order valence-corrected chi connectivity index (χ3v) is 4.55. The molecule has 0 amide bonds. The Balaban J connectivity index is 2.33. The molecule has 0 aromatic heterocycles.